The Kier molecular flexibility index (Phi) is 3.89. The van der Waals surface area contributed by atoms with Crippen LogP contribution in [0.5, 0.6) is 0 Å². The van der Waals surface area contributed by atoms with Crippen LogP contribution >= 0.6 is 0 Å². The van der Waals surface area contributed by atoms with E-state index in [1.54, 1.807) is 0 Å². The van der Waals surface area contributed by atoms with Crippen molar-refractivity contribution in [1.82, 2.24) is 4.90 Å². The number of fused-ring (bicyclic) bond motifs is 1. The van der Waals surface area contributed by atoms with Gasteiger partial charge in [0.15, 0.2) is 0 Å². The van der Waals surface area contributed by atoms with Crippen molar-refractivity contribution in [1.29, 1.82) is 0 Å². The monoisotopic (exact) mass is 272 g/mol. The summed E-state index contributed by atoms with van der Waals surface area (Å²) in [5, 5.41) is 3.00. The lowest BCUT2D eigenvalue weighted by atomic mass is 9.80. The molecule has 0 saturated heterocycles. The number of amides is 2. The number of benzene rings is 1. The highest BCUT2D eigenvalue weighted by molar-refractivity contribution is 5.94. The highest BCUT2D eigenvalue weighted by atomic mass is 16.2. The second-order valence-corrected chi connectivity index (χ2v) is 5.59. The molecule has 2 amide bonds. The summed E-state index contributed by atoms with van der Waals surface area (Å²) in [6, 6.07) is 6.22. The molecule has 1 aromatic carbocycles. The predicted octanol–water partition coefficient (Wildman–Crippen LogP) is 4.43. The van der Waals surface area contributed by atoms with E-state index in [2.05, 4.69) is 45.2 Å². The number of urea groups is 1. The largest absolute Gasteiger partial charge is 0.322 e. The molecule has 0 aliphatic carbocycles. The SMILES string of the molecule is CC/C=C(\C)[C@]1(C)c2cc(C)ccc2NC(=O)N1CC. The molecule has 3 nitrogen and oxygen atoms in total. The standard InChI is InChI=1S/C17H24N2O/c1-6-8-13(4)17(5)14-11-12(3)9-10-15(14)18-16(20)19(17)7-2/h8-11H,6-7H2,1-5H3,(H,18,20)/b13-8+/t17-/m1/s1. The first kappa shape index (κ1) is 14.6. The molecule has 0 aromatic heterocycles. The molecule has 1 aromatic rings. The summed E-state index contributed by atoms with van der Waals surface area (Å²) in [5.41, 5.74) is 4.18. The van der Waals surface area contributed by atoms with E-state index in [-0.39, 0.29) is 11.6 Å². The fourth-order valence-electron chi connectivity index (χ4n) is 3.09. The maximum atomic E-state index is 12.4. The van der Waals surface area contributed by atoms with Crippen molar-refractivity contribution < 1.29 is 4.79 Å². The average molecular weight is 272 g/mol. The number of hydrogen-bond donors (Lipinski definition) is 1. The lowest BCUT2D eigenvalue weighted by molar-refractivity contribution is 0.156. The third-order valence-electron chi connectivity index (χ3n) is 4.32. The van der Waals surface area contributed by atoms with E-state index in [1.165, 1.54) is 16.7 Å². The van der Waals surface area contributed by atoms with Crippen LogP contribution in [0.25, 0.3) is 0 Å². The van der Waals surface area contributed by atoms with Crippen LogP contribution in [0.4, 0.5) is 10.5 Å². The normalized spacial score (nSPS) is 22.6. The molecule has 0 radical (unpaired) electrons. The number of hydrogen-bond acceptors (Lipinski definition) is 1. The summed E-state index contributed by atoms with van der Waals surface area (Å²) in [5.74, 6) is 0. The van der Waals surface area contributed by atoms with Crippen molar-refractivity contribution in [2.24, 2.45) is 0 Å². The Morgan fingerprint density at radius 1 is 1.40 bits per heavy atom. The van der Waals surface area contributed by atoms with Crippen molar-refractivity contribution in [2.75, 3.05) is 11.9 Å². The molecule has 1 aliphatic rings. The minimum atomic E-state index is -0.367. The predicted molar refractivity (Wildman–Crippen MR) is 84.0 cm³/mol. The molecule has 1 aliphatic heterocycles. The highest BCUT2D eigenvalue weighted by Crippen LogP contribution is 2.43. The molecule has 0 bridgehead atoms. The maximum Gasteiger partial charge on any atom is 0.322 e. The topological polar surface area (TPSA) is 32.3 Å². The van der Waals surface area contributed by atoms with E-state index in [0.717, 1.165) is 12.1 Å². The number of aryl methyl sites for hydroxylation is 1. The van der Waals surface area contributed by atoms with Gasteiger partial charge in [0.2, 0.25) is 0 Å². The van der Waals surface area contributed by atoms with Gasteiger partial charge >= 0.3 is 6.03 Å². The summed E-state index contributed by atoms with van der Waals surface area (Å²) < 4.78 is 0. The van der Waals surface area contributed by atoms with Gasteiger partial charge in [-0.1, -0.05) is 30.7 Å². The first-order valence-corrected chi connectivity index (χ1v) is 7.32. The first-order valence-electron chi connectivity index (χ1n) is 7.32. The fourth-order valence-corrected chi connectivity index (χ4v) is 3.09. The molecule has 20 heavy (non-hydrogen) atoms. The first-order chi connectivity index (χ1) is 9.44. The summed E-state index contributed by atoms with van der Waals surface area (Å²) >= 11 is 0. The van der Waals surface area contributed by atoms with E-state index in [4.69, 9.17) is 0 Å². The number of anilines is 1. The van der Waals surface area contributed by atoms with Crippen LogP contribution in [0.1, 0.15) is 45.2 Å². The van der Waals surface area contributed by atoms with Crippen molar-refractivity contribution in [3.05, 3.63) is 41.0 Å². The quantitative estimate of drug-likeness (QED) is 0.811. The third-order valence-corrected chi connectivity index (χ3v) is 4.32. The Morgan fingerprint density at radius 3 is 2.70 bits per heavy atom. The minimum Gasteiger partial charge on any atom is -0.312 e. The number of carbonyl (C=O) groups excluding carboxylic acids is 1. The van der Waals surface area contributed by atoms with Crippen molar-refractivity contribution in [3.63, 3.8) is 0 Å². The zero-order chi connectivity index (χ0) is 14.9. The van der Waals surface area contributed by atoms with Gasteiger partial charge in [0.05, 0.1) is 5.54 Å². The van der Waals surface area contributed by atoms with Gasteiger partial charge in [-0.2, -0.15) is 0 Å². The zero-order valence-electron chi connectivity index (χ0n) is 13.1. The van der Waals surface area contributed by atoms with Gasteiger partial charge in [-0.3, -0.25) is 0 Å². The molecule has 0 saturated carbocycles. The van der Waals surface area contributed by atoms with Gasteiger partial charge in [-0.15, -0.1) is 0 Å². The average Bonchev–Trinajstić information content (AvgIpc) is 2.40. The molecule has 3 heteroatoms. The van der Waals surface area contributed by atoms with E-state index >= 15 is 0 Å². The molecule has 1 N–H and O–H groups in total. The summed E-state index contributed by atoms with van der Waals surface area (Å²) in [4.78, 5) is 14.3. The molecular weight excluding hydrogens is 248 g/mol. The van der Waals surface area contributed by atoms with Gasteiger partial charge in [0, 0.05) is 17.8 Å². The van der Waals surface area contributed by atoms with Crippen molar-refractivity contribution in [3.8, 4) is 0 Å². The number of nitrogens with zero attached hydrogens (tertiary/aromatic N) is 1. The molecule has 0 fully saturated rings. The number of allylic oxidation sites excluding steroid dienone is 1. The molecule has 0 spiro atoms. The van der Waals surface area contributed by atoms with Crippen LogP contribution in [0.15, 0.2) is 29.8 Å². The zero-order valence-corrected chi connectivity index (χ0v) is 13.1. The Morgan fingerprint density at radius 2 is 2.10 bits per heavy atom. The molecular formula is C17H24N2O. The van der Waals surface area contributed by atoms with Crippen LogP contribution in [0, 0.1) is 6.92 Å². The summed E-state index contributed by atoms with van der Waals surface area (Å²) in [6.07, 6.45) is 3.19. The maximum absolute atomic E-state index is 12.4. The molecule has 1 atom stereocenters. The van der Waals surface area contributed by atoms with Gasteiger partial charge in [0.25, 0.3) is 0 Å². The minimum absolute atomic E-state index is 0.0183. The molecule has 2 rings (SSSR count). The van der Waals surface area contributed by atoms with Crippen LogP contribution in [0.2, 0.25) is 0 Å². The molecule has 108 valence electrons. The Hall–Kier alpha value is -1.77. The van der Waals surface area contributed by atoms with Gasteiger partial charge in [0.1, 0.15) is 0 Å². The lowest BCUT2D eigenvalue weighted by Crippen LogP contribution is -2.53. The Labute approximate surface area is 121 Å². The van der Waals surface area contributed by atoms with Gasteiger partial charge in [-0.05, 0) is 45.8 Å². The fraction of sp³-hybridized carbons (Fsp3) is 0.471. The number of likely N-dealkylation sites (N-methyl/N-ethyl adjacent to an activating group) is 1. The van der Waals surface area contributed by atoms with Crippen molar-refractivity contribution >= 4 is 11.7 Å². The second kappa shape index (κ2) is 5.31. The Balaban J connectivity index is 2.70. The summed E-state index contributed by atoms with van der Waals surface area (Å²) in [6.45, 7) is 11.2. The molecule has 1 heterocycles. The highest BCUT2D eigenvalue weighted by Gasteiger charge is 2.42. The van der Waals surface area contributed by atoms with Gasteiger partial charge in [-0.25, -0.2) is 4.79 Å². The number of nitrogens with one attached hydrogen (secondary N) is 1. The van der Waals surface area contributed by atoms with Crippen LogP contribution in [-0.2, 0) is 5.54 Å². The summed E-state index contributed by atoms with van der Waals surface area (Å²) in [7, 11) is 0. The van der Waals surface area contributed by atoms with E-state index < -0.39 is 0 Å². The van der Waals surface area contributed by atoms with Crippen LogP contribution in [0.3, 0.4) is 0 Å². The van der Waals surface area contributed by atoms with Crippen LogP contribution in [-0.4, -0.2) is 17.5 Å². The Bertz CT molecular complexity index is 562. The molecule has 0 unspecified atom stereocenters. The number of rotatable bonds is 3. The van der Waals surface area contributed by atoms with E-state index in [1.807, 2.05) is 24.0 Å². The number of carbonyl (C=O) groups is 1. The van der Waals surface area contributed by atoms with E-state index in [0.29, 0.717) is 6.54 Å². The van der Waals surface area contributed by atoms with Crippen LogP contribution < -0.4 is 5.32 Å². The van der Waals surface area contributed by atoms with E-state index in [9.17, 15) is 4.79 Å². The second-order valence-electron chi connectivity index (χ2n) is 5.59. The third kappa shape index (κ3) is 2.11. The smallest absolute Gasteiger partial charge is 0.312 e. The van der Waals surface area contributed by atoms with Gasteiger partial charge < -0.3 is 10.2 Å². The lowest BCUT2D eigenvalue weighted by Gasteiger charge is -2.46. The van der Waals surface area contributed by atoms with Crippen molar-refractivity contribution in [2.45, 2.75) is 46.6 Å².